The minimum atomic E-state index is 0.239. The number of rotatable bonds is 5. The van der Waals surface area contributed by atoms with Gasteiger partial charge in [0.15, 0.2) is 0 Å². The van der Waals surface area contributed by atoms with E-state index in [0.29, 0.717) is 6.04 Å². The summed E-state index contributed by atoms with van der Waals surface area (Å²) < 4.78 is 5.63. The first-order chi connectivity index (χ1) is 8.63. The van der Waals surface area contributed by atoms with Crippen LogP contribution in [0.3, 0.4) is 0 Å². The van der Waals surface area contributed by atoms with Crippen molar-refractivity contribution in [3.05, 3.63) is 29.8 Å². The van der Waals surface area contributed by atoms with Crippen LogP contribution >= 0.6 is 0 Å². The average molecular weight is 248 g/mol. The quantitative estimate of drug-likeness (QED) is 0.865. The molecule has 0 bridgehead atoms. The highest BCUT2D eigenvalue weighted by Gasteiger charge is 2.18. The largest absolute Gasteiger partial charge is 0.491 e. The molecule has 1 fully saturated rings. The molecular weight excluding hydrogens is 224 g/mol. The fourth-order valence-corrected chi connectivity index (χ4v) is 2.32. The van der Waals surface area contributed by atoms with E-state index in [4.69, 9.17) is 4.74 Å². The molecule has 1 saturated heterocycles. The first kappa shape index (κ1) is 13.4. The van der Waals surface area contributed by atoms with Crippen LogP contribution in [0, 0.1) is 0 Å². The average Bonchev–Trinajstić information content (AvgIpc) is 2.74. The second kappa shape index (κ2) is 6.21. The highest BCUT2D eigenvalue weighted by Crippen LogP contribution is 2.14. The van der Waals surface area contributed by atoms with Crippen LogP contribution < -0.4 is 10.1 Å². The van der Waals surface area contributed by atoms with Crippen LogP contribution in [0.15, 0.2) is 24.3 Å². The van der Waals surface area contributed by atoms with Crippen molar-refractivity contribution in [2.24, 2.45) is 0 Å². The summed E-state index contributed by atoms with van der Waals surface area (Å²) in [5.74, 6) is 0.953. The Balaban J connectivity index is 1.79. The predicted octanol–water partition coefficient (Wildman–Crippen LogP) is 2.27. The van der Waals surface area contributed by atoms with Crippen LogP contribution in [0.5, 0.6) is 5.75 Å². The van der Waals surface area contributed by atoms with E-state index in [9.17, 15) is 0 Å². The number of hydrogen-bond donors (Lipinski definition) is 1. The molecule has 0 saturated carbocycles. The molecule has 0 aliphatic carbocycles. The summed E-state index contributed by atoms with van der Waals surface area (Å²) in [4.78, 5) is 2.37. The van der Waals surface area contributed by atoms with E-state index in [2.05, 4.69) is 41.5 Å². The van der Waals surface area contributed by atoms with Crippen molar-refractivity contribution in [2.75, 3.05) is 20.1 Å². The Kier molecular flexibility index (Phi) is 4.61. The molecule has 1 aromatic carbocycles. The van der Waals surface area contributed by atoms with Crippen molar-refractivity contribution in [1.82, 2.24) is 10.2 Å². The molecule has 0 aromatic heterocycles. The first-order valence-corrected chi connectivity index (χ1v) is 6.81. The van der Waals surface area contributed by atoms with Gasteiger partial charge in [0.1, 0.15) is 5.75 Å². The molecule has 1 N–H and O–H groups in total. The minimum Gasteiger partial charge on any atom is -0.491 e. The zero-order valence-corrected chi connectivity index (χ0v) is 11.6. The first-order valence-electron chi connectivity index (χ1n) is 6.81. The summed E-state index contributed by atoms with van der Waals surface area (Å²) in [6.07, 6.45) is 1.49. The van der Waals surface area contributed by atoms with Crippen molar-refractivity contribution < 1.29 is 4.74 Å². The standard InChI is InChI=1S/C15H24N2O/c1-12(2)18-15-6-4-13(5-7-15)10-16-14-8-9-17(3)11-14/h4-7,12,14,16H,8-11H2,1-3H3. The third-order valence-corrected chi connectivity index (χ3v) is 3.28. The van der Waals surface area contributed by atoms with Gasteiger partial charge in [-0.1, -0.05) is 12.1 Å². The maximum absolute atomic E-state index is 5.63. The molecule has 0 spiro atoms. The molecule has 1 heterocycles. The second-order valence-electron chi connectivity index (χ2n) is 5.44. The Morgan fingerprint density at radius 1 is 1.33 bits per heavy atom. The van der Waals surface area contributed by atoms with Crippen LogP contribution in [0.2, 0.25) is 0 Å². The van der Waals surface area contributed by atoms with E-state index in [1.807, 2.05) is 13.8 Å². The lowest BCUT2D eigenvalue weighted by molar-refractivity contribution is 0.242. The molecule has 1 aromatic rings. The summed E-state index contributed by atoms with van der Waals surface area (Å²) in [7, 11) is 2.18. The Morgan fingerprint density at radius 3 is 2.61 bits per heavy atom. The topological polar surface area (TPSA) is 24.5 Å². The third-order valence-electron chi connectivity index (χ3n) is 3.28. The number of nitrogens with one attached hydrogen (secondary N) is 1. The highest BCUT2D eigenvalue weighted by molar-refractivity contribution is 5.27. The SMILES string of the molecule is CC(C)Oc1ccc(CNC2CCN(C)C2)cc1. The molecule has 2 rings (SSSR count). The van der Waals surface area contributed by atoms with Crippen LogP contribution in [0.1, 0.15) is 25.8 Å². The molecule has 1 atom stereocenters. The van der Waals surface area contributed by atoms with E-state index in [1.165, 1.54) is 18.5 Å². The fraction of sp³-hybridized carbons (Fsp3) is 0.600. The van der Waals surface area contributed by atoms with Gasteiger partial charge in [0, 0.05) is 19.1 Å². The number of ether oxygens (including phenoxy) is 1. The van der Waals surface area contributed by atoms with Gasteiger partial charge in [-0.05, 0) is 51.6 Å². The van der Waals surface area contributed by atoms with Gasteiger partial charge in [-0.2, -0.15) is 0 Å². The Labute approximate surface area is 110 Å². The van der Waals surface area contributed by atoms with Gasteiger partial charge in [0.05, 0.1) is 6.10 Å². The molecule has 100 valence electrons. The van der Waals surface area contributed by atoms with E-state index >= 15 is 0 Å². The molecular formula is C15H24N2O. The maximum atomic E-state index is 5.63. The fourth-order valence-electron chi connectivity index (χ4n) is 2.32. The van der Waals surface area contributed by atoms with E-state index < -0.39 is 0 Å². The van der Waals surface area contributed by atoms with Gasteiger partial charge >= 0.3 is 0 Å². The third kappa shape index (κ3) is 4.00. The van der Waals surface area contributed by atoms with Crippen LogP contribution in [-0.4, -0.2) is 37.2 Å². The Bertz CT molecular complexity index is 361. The highest BCUT2D eigenvalue weighted by atomic mass is 16.5. The summed E-state index contributed by atoms with van der Waals surface area (Å²) in [5, 5.41) is 3.61. The molecule has 18 heavy (non-hydrogen) atoms. The molecule has 1 aliphatic heterocycles. The molecule has 0 radical (unpaired) electrons. The van der Waals surface area contributed by atoms with Crippen molar-refractivity contribution >= 4 is 0 Å². The van der Waals surface area contributed by atoms with Gasteiger partial charge in [-0.3, -0.25) is 0 Å². The number of hydrogen-bond acceptors (Lipinski definition) is 3. The Hall–Kier alpha value is -1.06. The zero-order valence-electron chi connectivity index (χ0n) is 11.6. The van der Waals surface area contributed by atoms with Gasteiger partial charge in [-0.25, -0.2) is 0 Å². The molecule has 1 unspecified atom stereocenters. The van der Waals surface area contributed by atoms with Crippen molar-refractivity contribution in [3.63, 3.8) is 0 Å². The summed E-state index contributed by atoms with van der Waals surface area (Å²) in [6, 6.07) is 9.03. The molecule has 1 aliphatic rings. The number of nitrogens with zero attached hydrogens (tertiary/aromatic N) is 1. The van der Waals surface area contributed by atoms with Gasteiger partial charge in [0.25, 0.3) is 0 Å². The summed E-state index contributed by atoms with van der Waals surface area (Å²) in [5.41, 5.74) is 1.32. The van der Waals surface area contributed by atoms with Crippen molar-refractivity contribution in [1.29, 1.82) is 0 Å². The minimum absolute atomic E-state index is 0.239. The molecule has 3 heteroatoms. The maximum Gasteiger partial charge on any atom is 0.119 e. The van der Waals surface area contributed by atoms with Crippen LogP contribution in [-0.2, 0) is 6.54 Å². The molecule has 0 amide bonds. The lowest BCUT2D eigenvalue weighted by atomic mass is 10.2. The summed E-state index contributed by atoms with van der Waals surface area (Å²) >= 11 is 0. The zero-order chi connectivity index (χ0) is 13.0. The van der Waals surface area contributed by atoms with Crippen molar-refractivity contribution in [2.45, 2.75) is 39.0 Å². The monoisotopic (exact) mass is 248 g/mol. The van der Waals surface area contributed by atoms with Gasteiger partial charge in [0.2, 0.25) is 0 Å². The normalized spacial score (nSPS) is 20.6. The smallest absolute Gasteiger partial charge is 0.119 e. The lowest BCUT2D eigenvalue weighted by Gasteiger charge is -2.13. The van der Waals surface area contributed by atoms with Crippen LogP contribution in [0.4, 0.5) is 0 Å². The summed E-state index contributed by atoms with van der Waals surface area (Å²) in [6.45, 7) is 7.41. The number of likely N-dealkylation sites (N-methyl/N-ethyl adjacent to an activating group) is 1. The number of benzene rings is 1. The van der Waals surface area contributed by atoms with E-state index in [-0.39, 0.29) is 6.10 Å². The van der Waals surface area contributed by atoms with E-state index in [0.717, 1.165) is 18.8 Å². The van der Waals surface area contributed by atoms with Crippen molar-refractivity contribution in [3.8, 4) is 5.75 Å². The lowest BCUT2D eigenvalue weighted by Crippen LogP contribution is -2.30. The van der Waals surface area contributed by atoms with E-state index in [1.54, 1.807) is 0 Å². The Morgan fingerprint density at radius 2 is 2.06 bits per heavy atom. The van der Waals surface area contributed by atoms with Crippen LogP contribution in [0.25, 0.3) is 0 Å². The molecule has 3 nitrogen and oxygen atoms in total. The predicted molar refractivity (Wildman–Crippen MR) is 74.9 cm³/mol. The second-order valence-corrected chi connectivity index (χ2v) is 5.44. The number of likely N-dealkylation sites (tertiary alicyclic amines) is 1. The van der Waals surface area contributed by atoms with Gasteiger partial charge in [-0.15, -0.1) is 0 Å². The van der Waals surface area contributed by atoms with Gasteiger partial charge < -0.3 is 15.0 Å².